The van der Waals surface area contributed by atoms with Crippen molar-refractivity contribution in [1.29, 1.82) is 0 Å². The maximum Gasteiger partial charge on any atom is 0.231 e. The number of fused-ring (bicyclic) bond motifs is 1. The van der Waals surface area contributed by atoms with Gasteiger partial charge in [-0.1, -0.05) is 59.8 Å². The van der Waals surface area contributed by atoms with Crippen LogP contribution in [0, 0.1) is 0 Å². The van der Waals surface area contributed by atoms with E-state index in [1.807, 2.05) is 90.9 Å². The summed E-state index contributed by atoms with van der Waals surface area (Å²) < 4.78 is 8.95. The van der Waals surface area contributed by atoms with Gasteiger partial charge in [0.25, 0.3) is 0 Å². The second-order valence-electron chi connectivity index (χ2n) is 9.85. The lowest BCUT2D eigenvalue weighted by Gasteiger charge is -2.10. The van der Waals surface area contributed by atoms with E-state index < -0.39 is 0 Å². The number of nitrogens with zero attached hydrogens (tertiary/aromatic N) is 7. The molecular formula is C32H24N8O2. The van der Waals surface area contributed by atoms with E-state index in [-0.39, 0.29) is 12.3 Å². The van der Waals surface area contributed by atoms with Gasteiger partial charge >= 0.3 is 0 Å². The Labute approximate surface area is 240 Å². The molecule has 2 aromatic carbocycles. The van der Waals surface area contributed by atoms with Gasteiger partial charge in [-0.05, 0) is 17.2 Å². The topological polar surface area (TPSA) is 116 Å². The quantitative estimate of drug-likeness (QED) is 0.270. The largest absolute Gasteiger partial charge is 0.338 e. The molecule has 0 saturated carbocycles. The van der Waals surface area contributed by atoms with E-state index in [0.29, 0.717) is 11.6 Å². The third-order valence-corrected chi connectivity index (χ3v) is 6.96. The van der Waals surface area contributed by atoms with Crippen molar-refractivity contribution in [1.82, 2.24) is 34.5 Å². The molecule has 42 heavy (non-hydrogen) atoms. The molecule has 10 heteroatoms. The summed E-state index contributed by atoms with van der Waals surface area (Å²) >= 11 is 0. The van der Waals surface area contributed by atoms with Crippen molar-refractivity contribution in [2.75, 3.05) is 5.32 Å². The van der Waals surface area contributed by atoms with Crippen molar-refractivity contribution in [3.63, 3.8) is 0 Å². The molecule has 0 fully saturated rings. The van der Waals surface area contributed by atoms with Crippen LogP contribution in [0.2, 0.25) is 0 Å². The molecule has 204 valence electrons. The minimum atomic E-state index is -0.192. The summed E-state index contributed by atoms with van der Waals surface area (Å²) in [5, 5.41) is 15.8. The first-order valence-corrected chi connectivity index (χ1v) is 13.3. The summed E-state index contributed by atoms with van der Waals surface area (Å²) in [7, 11) is 1.89. The minimum absolute atomic E-state index is 0.190. The second kappa shape index (κ2) is 10.6. The highest BCUT2D eigenvalue weighted by atomic mass is 16.5. The van der Waals surface area contributed by atoms with Crippen LogP contribution in [0.15, 0.2) is 115 Å². The number of carbonyl (C=O) groups is 1. The minimum Gasteiger partial charge on any atom is -0.338 e. The number of amides is 1. The normalized spacial score (nSPS) is 11.2. The van der Waals surface area contributed by atoms with Crippen LogP contribution in [0.4, 0.5) is 5.88 Å². The Bertz CT molecular complexity index is 2010. The number of benzene rings is 2. The van der Waals surface area contributed by atoms with Gasteiger partial charge in [-0.3, -0.25) is 24.8 Å². The Morgan fingerprint density at radius 1 is 0.810 bits per heavy atom. The van der Waals surface area contributed by atoms with Gasteiger partial charge in [0.1, 0.15) is 5.69 Å². The Morgan fingerprint density at radius 3 is 2.43 bits per heavy atom. The first-order chi connectivity index (χ1) is 20.6. The van der Waals surface area contributed by atoms with Crippen LogP contribution >= 0.6 is 0 Å². The highest BCUT2D eigenvalue weighted by Crippen LogP contribution is 2.35. The third kappa shape index (κ3) is 4.92. The second-order valence-corrected chi connectivity index (χ2v) is 9.85. The number of aryl methyl sites for hydroxylation is 1. The third-order valence-electron chi connectivity index (χ3n) is 6.96. The van der Waals surface area contributed by atoms with Crippen molar-refractivity contribution >= 4 is 17.3 Å². The molecule has 1 N–H and O–H groups in total. The smallest absolute Gasteiger partial charge is 0.231 e. The maximum atomic E-state index is 12.7. The predicted octanol–water partition coefficient (Wildman–Crippen LogP) is 5.70. The van der Waals surface area contributed by atoms with Gasteiger partial charge in [-0.25, -0.2) is 4.52 Å². The average Bonchev–Trinajstić information content (AvgIpc) is 3.78. The van der Waals surface area contributed by atoms with Crippen molar-refractivity contribution in [3.05, 3.63) is 116 Å². The lowest BCUT2D eigenvalue weighted by Crippen LogP contribution is -2.13. The molecule has 0 aliphatic rings. The zero-order valence-electron chi connectivity index (χ0n) is 22.5. The number of hydrogen-bond acceptors (Lipinski definition) is 7. The summed E-state index contributed by atoms with van der Waals surface area (Å²) in [6.07, 6.45) is 12.9. The molecule has 0 saturated heterocycles. The van der Waals surface area contributed by atoms with Gasteiger partial charge in [0.2, 0.25) is 11.8 Å². The molecule has 7 aromatic rings. The van der Waals surface area contributed by atoms with Crippen LogP contribution in [-0.2, 0) is 18.3 Å². The number of hydrogen-bond donors (Lipinski definition) is 1. The fraction of sp³-hybridized carbons (Fsp3) is 0.0625. The zero-order valence-corrected chi connectivity index (χ0v) is 22.5. The summed E-state index contributed by atoms with van der Waals surface area (Å²) in [6, 6.07) is 21.3. The lowest BCUT2D eigenvalue weighted by molar-refractivity contribution is -0.115. The van der Waals surface area contributed by atoms with Gasteiger partial charge in [0.15, 0.2) is 0 Å². The molecule has 7 rings (SSSR count). The van der Waals surface area contributed by atoms with Gasteiger partial charge < -0.3 is 4.52 Å². The van der Waals surface area contributed by atoms with Crippen LogP contribution in [-0.4, -0.2) is 40.4 Å². The van der Waals surface area contributed by atoms with Crippen molar-refractivity contribution in [3.8, 4) is 44.8 Å². The first kappa shape index (κ1) is 25.1. The Balaban J connectivity index is 1.15. The monoisotopic (exact) mass is 552 g/mol. The summed E-state index contributed by atoms with van der Waals surface area (Å²) in [5.41, 5.74) is 8.86. The Morgan fingerprint density at radius 2 is 1.67 bits per heavy atom. The van der Waals surface area contributed by atoms with Crippen molar-refractivity contribution in [2.24, 2.45) is 7.05 Å². The Kier molecular flexibility index (Phi) is 6.32. The standard InChI is InChI=1S/C32H24N8O2/c1-39-19-25(16-35-39)24-14-26(29-18-33-11-12-34-29)32-27(17-36-40(32)20-24)22-9-7-21(8-10-22)13-30(41)37-31-15-28(38-42-31)23-5-3-2-4-6-23/h2-12,14-20H,13H2,1H3,(H,37,41). The van der Waals surface area contributed by atoms with Crippen LogP contribution in [0.1, 0.15) is 5.56 Å². The predicted molar refractivity (Wildman–Crippen MR) is 158 cm³/mol. The highest BCUT2D eigenvalue weighted by Gasteiger charge is 2.17. The molecule has 0 spiro atoms. The van der Waals surface area contributed by atoms with Crippen LogP contribution in [0.3, 0.4) is 0 Å². The van der Waals surface area contributed by atoms with E-state index in [4.69, 9.17) is 4.52 Å². The van der Waals surface area contributed by atoms with E-state index in [1.54, 1.807) is 29.3 Å². The van der Waals surface area contributed by atoms with E-state index in [0.717, 1.165) is 50.2 Å². The van der Waals surface area contributed by atoms with Crippen molar-refractivity contribution < 1.29 is 9.32 Å². The van der Waals surface area contributed by atoms with E-state index in [9.17, 15) is 4.79 Å². The number of pyridine rings is 1. The van der Waals surface area contributed by atoms with Gasteiger partial charge in [-0.15, -0.1) is 0 Å². The number of aromatic nitrogens is 7. The van der Waals surface area contributed by atoms with Crippen molar-refractivity contribution in [2.45, 2.75) is 6.42 Å². The van der Waals surface area contributed by atoms with E-state index in [2.05, 4.69) is 36.7 Å². The molecule has 1 amide bonds. The van der Waals surface area contributed by atoms with Crippen LogP contribution < -0.4 is 5.32 Å². The molecule has 5 aromatic heterocycles. The fourth-order valence-corrected chi connectivity index (χ4v) is 4.94. The van der Waals surface area contributed by atoms with Gasteiger partial charge in [-0.2, -0.15) is 10.2 Å². The molecule has 0 unspecified atom stereocenters. The average molecular weight is 553 g/mol. The number of rotatable bonds is 7. The van der Waals surface area contributed by atoms with Crippen LogP contribution in [0.25, 0.3) is 50.3 Å². The van der Waals surface area contributed by atoms with Gasteiger partial charge in [0.05, 0.1) is 36.2 Å². The maximum absolute atomic E-state index is 12.7. The molecule has 0 bridgehead atoms. The lowest BCUT2D eigenvalue weighted by atomic mass is 9.99. The molecule has 0 aliphatic carbocycles. The highest BCUT2D eigenvalue weighted by molar-refractivity contribution is 5.94. The van der Waals surface area contributed by atoms with Gasteiger partial charge in [0, 0.05) is 65.7 Å². The molecular weight excluding hydrogens is 528 g/mol. The van der Waals surface area contributed by atoms with Crippen LogP contribution in [0.5, 0.6) is 0 Å². The molecule has 0 radical (unpaired) electrons. The molecule has 5 heterocycles. The Hall–Kier alpha value is -5.90. The SMILES string of the molecule is Cn1cc(-c2cc(-c3cnccn3)c3c(-c4ccc(CC(=O)Nc5cc(-c6ccccc6)no5)cc4)cnn3c2)cn1. The van der Waals surface area contributed by atoms with E-state index in [1.165, 1.54) is 0 Å². The summed E-state index contributed by atoms with van der Waals surface area (Å²) in [4.78, 5) is 21.6. The zero-order chi connectivity index (χ0) is 28.5. The number of nitrogens with one attached hydrogen (secondary N) is 1. The fourth-order valence-electron chi connectivity index (χ4n) is 4.94. The summed E-state index contributed by atoms with van der Waals surface area (Å²) in [5.74, 6) is 0.117. The van der Waals surface area contributed by atoms with E-state index >= 15 is 0 Å². The molecule has 10 nitrogen and oxygen atoms in total. The molecule has 0 atom stereocenters. The number of carbonyl (C=O) groups excluding carboxylic acids is 1. The molecule has 0 aliphatic heterocycles. The first-order valence-electron chi connectivity index (χ1n) is 13.3. The summed E-state index contributed by atoms with van der Waals surface area (Å²) in [6.45, 7) is 0. The number of anilines is 1.